The predicted molar refractivity (Wildman–Crippen MR) is 140 cm³/mol. The number of amides is 3. The van der Waals surface area contributed by atoms with Crippen molar-refractivity contribution in [2.45, 2.75) is 65.5 Å². The average molecular weight is 492 g/mol. The number of rotatable bonds is 7. The Labute approximate surface area is 213 Å². The lowest BCUT2D eigenvalue weighted by molar-refractivity contribution is -0.134. The first-order chi connectivity index (χ1) is 17.1. The van der Waals surface area contributed by atoms with Gasteiger partial charge in [0.1, 0.15) is 6.04 Å². The van der Waals surface area contributed by atoms with Gasteiger partial charge in [-0.05, 0) is 66.8 Å². The molecule has 1 aliphatic carbocycles. The summed E-state index contributed by atoms with van der Waals surface area (Å²) in [6.07, 6.45) is 3.50. The molecule has 2 N–H and O–H groups in total. The molecule has 1 saturated heterocycles. The number of urea groups is 1. The Morgan fingerprint density at radius 1 is 1.03 bits per heavy atom. The maximum absolute atomic E-state index is 13.8. The lowest BCUT2D eigenvalue weighted by atomic mass is 9.65. The van der Waals surface area contributed by atoms with Crippen LogP contribution in [-0.4, -0.2) is 48.0 Å². The molecule has 2 aliphatic rings. The van der Waals surface area contributed by atoms with Gasteiger partial charge in [0, 0.05) is 24.7 Å². The van der Waals surface area contributed by atoms with Crippen LogP contribution in [0.4, 0.5) is 10.5 Å². The normalized spacial score (nSPS) is 23.0. The van der Waals surface area contributed by atoms with Gasteiger partial charge in [-0.15, -0.1) is 0 Å². The van der Waals surface area contributed by atoms with Crippen molar-refractivity contribution in [1.82, 2.24) is 10.2 Å². The number of benzene rings is 2. The van der Waals surface area contributed by atoms with E-state index in [9.17, 15) is 14.4 Å². The monoisotopic (exact) mass is 491 g/mol. The Hall–Kier alpha value is -3.35. The van der Waals surface area contributed by atoms with E-state index in [0.717, 1.165) is 31.4 Å². The van der Waals surface area contributed by atoms with Crippen LogP contribution in [0.3, 0.4) is 0 Å². The molecule has 7 nitrogen and oxygen atoms in total. The maximum Gasteiger partial charge on any atom is 0.338 e. The first-order valence-corrected chi connectivity index (χ1v) is 12.8. The SMILES string of the molecule is CCOC(=O)c1ccc(NC(=O)NC(Cc2ccccc2)C(=O)N2CC3(C)CC2CC(C)(C)C3)cc1. The maximum atomic E-state index is 13.8. The molecular weight excluding hydrogens is 454 g/mol. The molecule has 2 aromatic rings. The Kier molecular flexibility index (Phi) is 7.38. The average Bonchev–Trinajstić information content (AvgIpc) is 3.08. The van der Waals surface area contributed by atoms with E-state index in [0.29, 0.717) is 24.3 Å². The zero-order valence-electron chi connectivity index (χ0n) is 21.7. The molecule has 3 unspecified atom stereocenters. The zero-order valence-corrected chi connectivity index (χ0v) is 21.7. The fourth-order valence-corrected chi connectivity index (χ4v) is 6.20. The highest BCUT2D eigenvalue weighted by Crippen LogP contribution is 2.52. The van der Waals surface area contributed by atoms with Gasteiger partial charge in [0.2, 0.25) is 5.91 Å². The van der Waals surface area contributed by atoms with Gasteiger partial charge in [0.15, 0.2) is 0 Å². The second-order valence-electron chi connectivity index (χ2n) is 11.3. The van der Waals surface area contributed by atoms with E-state index in [1.54, 1.807) is 31.2 Å². The molecule has 4 rings (SSSR count). The molecule has 2 fully saturated rings. The molecule has 36 heavy (non-hydrogen) atoms. The van der Waals surface area contributed by atoms with Gasteiger partial charge in [-0.3, -0.25) is 4.79 Å². The Bertz CT molecular complexity index is 1100. The number of hydrogen-bond acceptors (Lipinski definition) is 4. The molecule has 2 aromatic carbocycles. The van der Waals surface area contributed by atoms with Gasteiger partial charge in [0.05, 0.1) is 12.2 Å². The molecule has 3 amide bonds. The van der Waals surface area contributed by atoms with Crippen LogP contribution in [0.15, 0.2) is 54.6 Å². The number of anilines is 1. The minimum absolute atomic E-state index is 0.0295. The zero-order chi connectivity index (χ0) is 25.9. The summed E-state index contributed by atoms with van der Waals surface area (Å²) in [5.74, 6) is -0.437. The smallest absolute Gasteiger partial charge is 0.338 e. The van der Waals surface area contributed by atoms with Crippen LogP contribution in [0, 0.1) is 10.8 Å². The Balaban J connectivity index is 1.48. The summed E-state index contributed by atoms with van der Waals surface area (Å²) in [4.78, 5) is 40.7. The fraction of sp³-hybridized carbons (Fsp3) is 0.483. The molecular formula is C29H37N3O4. The first kappa shape index (κ1) is 25.7. The summed E-state index contributed by atoms with van der Waals surface area (Å²) in [7, 11) is 0. The van der Waals surface area contributed by atoms with Crippen molar-refractivity contribution in [1.29, 1.82) is 0 Å². The molecule has 192 valence electrons. The van der Waals surface area contributed by atoms with Crippen molar-refractivity contribution in [2.24, 2.45) is 10.8 Å². The summed E-state index contributed by atoms with van der Waals surface area (Å²) < 4.78 is 5.00. The molecule has 1 aliphatic heterocycles. The quantitative estimate of drug-likeness (QED) is 0.532. The van der Waals surface area contributed by atoms with Gasteiger partial charge in [-0.2, -0.15) is 0 Å². The first-order valence-electron chi connectivity index (χ1n) is 12.8. The van der Waals surface area contributed by atoms with Crippen molar-refractivity contribution in [3.05, 3.63) is 65.7 Å². The van der Waals surface area contributed by atoms with Crippen LogP contribution in [0.5, 0.6) is 0 Å². The van der Waals surface area contributed by atoms with Crippen molar-refractivity contribution in [3.8, 4) is 0 Å². The minimum atomic E-state index is -0.683. The van der Waals surface area contributed by atoms with E-state index < -0.39 is 18.0 Å². The number of likely N-dealkylation sites (tertiary alicyclic amines) is 1. The van der Waals surface area contributed by atoms with Crippen LogP contribution in [-0.2, 0) is 16.0 Å². The summed E-state index contributed by atoms with van der Waals surface area (Å²) in [5, 5.41) is 5.72. The topological polar surface area (TPSA) is 87.7 Å². The summed E-state index contributed by atoms with van der Waals surface area (Å²) in [6.45, 7) is 9.62. The number of ether oxygens (including phenoxy) is 1. The second kappa shape index (κ2) is 10.3. The number of carbonyl (C=O) groups excluding carboxylic acids is 3. The standard InChI is InChI=1S/C29H37N3O4/c1-5-36-26(34)21-11-13-22(14-12-21)30-27(35)31-24(15-20-9-7-6-8-10-20)25(33)32-19-29(4)17-23(32)16-28(2,3)18-29/h6-14,23-24H,5,15-19H2,1-4H3,(H2,30,31,35). The highest BCUT2D eigenvalue weighted by Gasteiger charge is 2.51. The van der Waals surface area contributed by atoms with Crippen LogP contribution in [0.25, 0.3) is 0 Å². The lowest BCUT2D eigenvalue weighted by Crippen LogP contribution is -2.52. The fourth-order valence-electron chi connectivity index (χ4n) is 6.20. The number of nitrogens with zero attached hydrogens (tertiary/aromatic N) is 1. The number of esters is 1. The Morgan fingerprint density at radius 2 is 1.72 bits per heavy atom. The van der Waals surface area contributed by atoms with Crippen molar-refractivity contribution in [3.63, 3.8) is 0 Å². The van der Waals surface area contributed by atoms with Gasteiger partial charge in [0.25, 0.3) is 0 Å². The van der Waals surface area contributed by atoms with Crippen molar-refractivity contribution < 1.29 is 19.1 Å². The second-order valence-corrected chi connectivity index (χ2v) is 11.3. The minimum Gasteiger partial charge on any atom is -0.462 e. The molecule has 7 heteroatoms. The van der Waals surface area contributed by atoms with Gasteiger partial charge >= 0.3 is 12.0 Å². The third-order valence-corrected chi connectivity index (χ3v) is 7.24. The van der Waals surface area contributed by atoms with Crippen molar-refractivity contribution in [2.75, 3.05) is 18.5 Å². The van der Waals surface area contributed by atoms with Gasteiger partial charge < -0.3 is 20.3 Å². The molecule has 1 saturated carbocycles. The van der Waals surface area contributed by atoms with Crippen molar-refractivity contribution >= 4 is 23.6 Å². The molecule has 3 atom stereocenters. The van der Waals surface area contributed by atoms with Crippen LogP contribution in [0.1, 0.15) is 62.9 Å². The summed E-state index contributed by atoms with van der Waals surface area (Å²) in [6, 6.07) is 15.3. The van der Waals surface area contributed by atoms with Gasteiger partial charge in [-0.25, -0.2) is 9.59 Å². The van der Waals surface area contributed by atoms with Crippen LogP contribution >= 0.6 is 0 Å². The van der Waals surface area contributed by atoms with Crippen LogP contribution in [0.2, 0.25) is 0 Å². The number of nitrogens with one attached hydrogen (secondary N) is 2. The summed E-state index contributed by atoms with van der Waals surface area (Å²) in [5.41, 5.74) is 2.24. The van der Waals surface area contributed by atoms with Gasteiger partial charge in [-0.1, -0.05) is 51.1 Å². The molecule has 1 heterocycles. The number of carbonyl (C=O) groups is 3. The highest BCUT2D eigenvalue weighted by molar-refractivity contribution is 5.95. The van der Waals surface area contributed by atoms with E-state index in [-0.39, 0.29) is 22.8 Å². The molecule has 0 aromatic heterocycles. The third-order valence-electron chi connectivity index (χ3n) is 7.24. The van der Waals surface area contributed by atoms with E-state index in [1.807, 2.05) is 35.2 Å². The molecule has 0 radical (unpaired) electrons. The number of hydrogen-bond donors (Lipinski definition) is 2. The highest BCUT2D eigenvalue weighted by atomic mass is 16.5. The summed E-state index contributed by atoms with van der Waals surface area (Å²) >= 11 is 0. The van der Waals surface area contributed by atoms with E-state index >= 15 is 0 Å². The molecule has 0 spiro atoms. The van der Waals surface area contributed by atoms with E-state index in [1.165, 1.54) is 0 Å². The number of fused-ring (bicyclic) bond motifs is 2. The van der Waals surface area contributed by atoms with E-state index in [4.69, 9.17) is 4.74 Å². The predicted octanol–water partition coefficient (Wildman–Crippen LogP) is 5.02. The molecule has 2 bridgehead atoms. The van der Waals surface area contributed by atoms with E-state index in [2.05, 4.69) is 31.4 Å². The largest absolute Gasteiger partial charge is 0.462 e. The lowest BCUT2D eigenvalue weighted by Gasteiger charge is -2.39. The third kappa shape index (κ3) is 6.07. The van der Waals surface area contributed by atoms with Crippen LogP contribution < -0.4 is 10.6 Å². The Morgan fingerprint density at radius 3 is 2.39 bits per heavy atom.